The van der Waals surface area contributed by atoms with Crippen LogP contribution in [-0.4, -0.2) is 10.9 Å². The van der Waals surface area contributed by atoms with Crippen molar-refractivity contribution in [3.05, 3.63) is 29.0 Å². The van der Waals surface area contributed by atoms with E-state index in [0.717, 1.165) is 12.0 Å². The van der Waals surface area contributed by atoms with Gasteiger partial charge in [-0.2, -0.15) is 0 Å². The van der Waals surface area contributed by atoms with Crippen molar-refractivity contribution in [3.63, 3.8) is 0 Å². The molecule has 0 aliphatic carbocycles. The molecule has 0 unspecified atom stereocenters. The van der Waals surface area contributed by atoms with E-state index in [4.69, 9.17) is 23.2 Å². The van der Waals surface area contributed by atoms with Crippen LogP contribution in [0.4, 0.5) is 0 Å². The number of hydrogen-bond donors (Lipinski definition) is 0. The first-order chi connectivity index (χ1) is 4.83. The summed E-state index contributed by atoms with van der Waals surface area (Å²) in [4.78, 5) is 3.90. The zero-order chi connectivity index (χ0) is 7.40. The van der Waals surface area contributed by atoms with Crippen LogP contribution in [0.1, 0.15) is 5.56 Å². The Morgan fingerprint density at radius 1 is 1.40 bits per heavy atom. The van der Waals surface area contributed by atoms with Gasteiger partial charge in [0.05, 0.1) is 0 Å². The lowest BCUT2D eigenvalue weighted by Gasteiger charge is -1.94. The van der Waals surface area contributed by atoms with Crippen molar-refractivity contribution >= 4 is 23.2 Å². The third kappa shape index (κ3) is 2.16. The lowest BCUT2D eigenvalue weighted by atomic mass is 10.2. The minimum Gasteiger partial charge on any atom is -0.244 e. The van der Waals surface area contributed by atoms with Crippen molar-refractivity contribution in [2.45, 2.75) is 6.42 Å². The first-order valence-electron chi connectivity index (χ1n) is 2.99. The second-order valence-corrected chi connectivity index (χ2v) is 2.69. The first-order valence-corrected chi connectivity index (χ1v) is 3.90. The Kier molecular flexibility index (Phi) is 2.97. The number of nitrogens with zero attached hydrogens (tertiary/aromatic N) is 1. The van der Waals surface area contributed by atoms with Crippen LogP contribution in [0.2, 0.25) is 5.15 Å². The van der Waals surface area contributed by atoms with E-state index in [9.17, 15) is 0 Å². The van der Waals surface area contributed by atoms with Gasteiger partial charge in [0.1, 0.15) is 5.15 Å². The minimum absolute atomic E-state index is 0.526. The van der Waals surface area contributed by atoms with E-state index in [-0.39, 0.29) is 0 Å². The molecule has 0 aromatic carbocycles. The van der Waals surface area contributed by atoms with E-state index >= 15 is 0 Å². The number of pyridine rings is 1. The summed E-state index contributed by atoms with van der Waals surface area (Å²) in [6.07, 6.45) is 2.59. The van der Waals surface area contributed by atoms with Gasteiger partial charge in [-0.3, -0.25) is 0 Å². The van der Waals surface area contributed by atoms with Gasteiger partial charge >= 0.3 is 0 Å². The number of halogens is 2. The molecule has 1 nitrogen and oxygen atoms in total. The molecule has 54 valence electrons. The second-order valence-electron chi connectivity index (χ2n) is 1.93. The summed E-state index contributed by atoms with van der Waals surface area (Å²) in [6.45, 7) is 0. The molecule has 1 aromatic heterocycles. The van der Waals surface area contributed by atoms with Crippen LogP contribution in [0, 0.1) is 0 Å². The first kappa shape index (κ1) is 7.83. The number of aromatic nitrogens is 1. The summed E-state index contributed by atoms with van der Waals surface area (Å²) in [5.41, 5.74) is 1.12. The van der Waals surface area contributed by atoms with Crippen LogP contribution < -0.4 is 0 Å². The quantitative estimate of drug-likeness (QED) is 0.498. The maximum Gasteiger partial charge on any atom is 0.129 e. The molecule has 1 rings (SSSR count). The molecule has 0 atom stereocenters. The standard InChI is InChI=1S/C7H7Cl2N/c8-4-3-6-1-2-7(9)10-5-6/h1-2,5H,3-4H2. The highest BCUT2D eigenvalue weighted by Gasteiger charge is 1.91. The van der Waals surface area contributed by atoms with Crippen LogP contribution in [0.15, 0.2) is 18.3 Å². The fourth-order valence-corrected chi connectivity index (χ4v) is 0.993. The van der Waals surface area contributed by atoms with Gasteiger partial charge in [-0.25, -0.2) is 4.98 Å². The SMILES string of the molecule is ClCCc1ccc(Cl)nc1. The highest BCUT2D eigenvalue weighted by atomic mass is 35.5. The number of rotatable bonds is 2. The maximum atomic E-state index is 5.57. The van der Waals surface area contributed by atoms with Crippen molar-refractivity contribution in [2.75, 3.05) is 5.88 Å². The van der Waals surface area contributed by atoms with E-state index < -0.39 is 0 Å². The Labute approximate surface area is 70.0 Å². The molecule has 1 heterocycles. The van der Waals surface area contributed by atoms with Crippen LogP contribution in [-0.2, 0) is 6.42 Å². The highest BCUT2D eigenvalue weighted by molar-refractivity contribution is 6.29. The number of alkyl halides is 1. The van der Waals surface area contributed by atoms with Crippen molar-refractivity contribution in [1.29, 1.82) is 0 Å². The fraction of sp³-hybridized carbons (Fsp3) is 0.286. The van der Waals surface area contributed by atoms with Gasteiger partial charge in [0.2, 0.25) is 0 Å². The molecular weight excluding hydrogens is 169 g/mol. The molecule has 0 saturated carbocycles. The van der Waals surface area contributed by atoms with Gasteiger partial charge in [-0.05, 0) is 18.1 Å². The molecular formula is C7H7Cl2N. The molecule has 1 aromatic rings. The molecule has 0 aliphatic rings. The molecule has 0 bridgehead atoms. The Morgan fingerprint density at radius 3 is 2.70 bits per heavy atom. The van der Waals surface area contributed by atoms with E-state index in [1.54, 1.807) is 12.3 Å². The molecule has 0 fully saturated rings. The molecule has 0 radical (unpaired) electrons. The lowest BCUT2D eigenvalue weighted by Crippen LogP contribution is -1.86. The van der Waals surface area contributed by atoms with Crippen LogP contribution >= 0.6 is 23.2 Å². The van der Waals surface area contributed by atoms with Crippen molar-refractivity contribution in [1.82, 2.24) is 4.98 Å². The summed E-state index contributed by atoms with van der Waals surface area (Å²) in [7, 11) is 0. The van der Waals surface area contributed by atoms with E-state index in [2.05, 4.69) is 4.98 Å². The maximum absolute atomic E-state index is 5.57. The predicted molar refractivity (Wildman–Crippen MR) is 43.7 cm³/mol. The summed E-state index contributed by atoms with van der Waals surface area (Å²) in [5, 5.41) is 0.526. The molecule has 0 saturated heterocycles. The zero-order valence-corrected chi connectivity index (χ0v) is 6.86. The minimum atomic E-state index is 0.526. The smallest absolute Gasteiger partial charge is 0.129 e. The van der Waals surface area contributed by atoms with Gasteiger partial charge in [-0.15, -0.1) is 11.6 Å². The van der Waals surface area contributed by atoms with Crippen LogP contribution in [0.5, 0.6) is 0 Å². The normalized spacial score (nSPS) is 9.80. The van der Waals surface area contributed by atoms with Crippen molar-refractivity contribution in [2.24, 2.45) is 0 Å². The largest absolute Gasteiger partial charge is 0.244 e. The molecule has 3 heteroatoms. The van der Waals surface area contributed by atoms with Crippen LogP contribution in [0.25, 0.3) is 0 Å². The van der Waals surface area contributed by atoms with Gasteiger partial charge in [0.15, 0.2) is 0 Å². The fourth-order valence-electron chi connectivity index (χ4n) is 0.663. The Bertz CT molecular complexity index is 195. The molecule has 0 spiro atoms. The molecule has 0 amide bonds. The van der Waals surface area contributed by atoms with Gasteiger partial charge < -0.3 is 0 Å². The zero-order valence-electron chi connectivity index (χ0n) is 5.35. The summed E-state index contributed by atoms with van der Waals surface area (Å²) in [5.74, 6) is 0.628. The molecule has 0 N–H and O–H groups in total. The third-order valence-electron chi connectivity index (χ3n) is 1.17. The Hall–Kier alpha value is -0.270. The van der Waals surface area contributed by atoms with Gasteiger partial charge in [0, 0.05) is 12.1 Å². The summed E-state index contributed by atoms with van der Waals surface area (Å²) < 4.78 is 0. The topological polar surface area (TPSA) is 12.9 Å². The average Bonchev–Trinajstić information content (AvgIpc) is 1.95. The average molecular weight is 176 g/mol. The summed E-state index contributed by atoms with van der Waals surface area (Å²) in [6, 6.07) is 3.70. The number of hydrogen-bond acceptors (Lipinski definition) is 1. The van der Waals surface area contributed by atoms with E-state index in [1.807, 2.05) is 6.07 Å². The van der Waals surface area contributed by atoms with Crippen LogP contribution in [0.3, 0.4) is 0 Å². The van der Waals surface area contributed by atoms with Crippen molar-refractivity contribution in [3.8, 4) is 0 Å². The lowest BCUT2D eigenvalue weighted by molar-refractivity contribution is 1.11. The van der Waals surface area contributed by atoms with Gasteiger partial charge in [-0.1, -0.05) is 17.7 Å². The predicted octanol–water partition coefficient (Wildman–Crippen LogP) is 2.52. The highest BCUT2D eigenvalue weighted by Crippen LogP contribution is 2.05. The van der Waals surface area contributed by atoms with Crippen molar-refractivity contribution < 1.29 is 0 Å². The third-order valence-corrected chi connectivity index (χ3v) is 1.58. The van der Waals surface area contributed by atoms with Gasteiger partial charge in [0.25, 0.3) is 0 Å². The second kappa shape index (κ2) is 3.79. The number of aryl methyl sites for hydroxylation is 1. The van der Waals surface area contributed by atoms with E-state index in [0.29, 0.717) is 11.0 Å². The monoisotopic (exact) mass is 175 g/mol. The molecule has 10 heavy (non-hydrogen) atoms. The van der Waals surface area contributed by atoms with E-state index in [1.165, 1.54) is 0 Å². The Balaban J connectivity index is 2.69. The Morgan fingerprint density at radius 2 is 2.20 bits per heavy atom. The summed E-state index contributed by atoms with van der Waals surface area (Å²) >= 11 is 11.1. The molecule has 0 aliphatic heterocycles.